The first-order valence-corrected chi connectivity index (χ1v) is 5.62. The summed E-state index contributed by atoms with van der Waals surface area (Å²) in [7, 11) is 0. The van der Waals surface area contributed by atoms with Crippen LogP contribution in [-0.4, -0.2) is 0 Å². The summed E-state index contributed by atoms with van der Waals surface area (Å²) in [6, 6.07) is 10.0. The van der Waals surface area contributed by atoms with Crippen LogP contribution in [0.4, 0.5) is 10.1 Å². The molecule has 2 aromatic carbocycles. The molecular weight excluding hydrogens is 231 g/mol. The quantitative estimate of drug-likeness (QED) is 0.643. The van der Waals surface area contributed by atoms with E-state index in [1.807, 2.05) is 26.0 Å². The number of nitrogen functional groups attached to an aromatic ring is 1. The molecule has 0 aliphatic carbocycles. The predicted octanol–water partition coefficient (Wildman–Crippen LogP) is 3.52. The Balaban J connectivity index is 2.35. The first-order chi connectivity index (χ1) is 8.61. The molecule has 3 nitrogen and oxygen atoms in total. The first kappa shape index (κ1) is 12.4. The maximum absolute atomic E-state index is 13.5. The minimum absolute atomic E-state index is 0.216. The molecule has 0 saturated carbocycles. The second-order valence-electron chi connectivity index (χ2n) is 4.11. The Kier molecular flexibility index (Phi) is 3.48. The average molecular weight is 246 g/mol. The van der Waals surface area contributed by atoms with E-state index in [4.69, 9.17) is 10.6 Å². The number of hydrogen-bond donors (Lipinski definition) is 2. The van der Waals surface area contributed by atoms with Crippen LogP contribution in [0.3, 0.4) is 0 Å². The molecule has 0 aromatic heterocycles. The van der Waals surface area contributed by atoms with Gasteiger partial charge in [0, 0.05) is 0 Å². The van der Waals surface area contributed by atoms with Crippen molar-refractivity contribution in [1.82, 2.24) is 0 Å². The monoisotopic (exact) mass is 246 g/mol. The summed E-state index contributed by atoms with van der Waals surface area (Å²) in [5.74, 6) is 5.85. The fourth-order valence-electron chi connectivity index (χ4n) is 1.70. The lowest BCUT2D eigenvalue weighted by molar-refractivity contribution is 0.439. The van der Waals surface area contributed by atoms with Gasteiger partial charge in [0.1, 0.15) is 5.75 Å². The topological polar surface area (TPSA) is 47.3 Å². The van der Waals surface area contributed by atoms with Gasteiger partial charge in [0.2, 0.25) is 0 Å². The minimum Gasteiger partial charge on any atom is -0.454 e. The van der Waals surface area contributed by atoms with Crippen molar-refractivity contribution in [1.29, 1.82) is 0 Å². The predicted molar refractivity (Wildman–Crippen MR) is 70.2 cm³/mol. The smallest absolute Gasteiger partial charge is 0.165 e. The Bertz CT molecular complexity index is 570. The number of halogens is 1. The number of aryl methyl sites for hydroxylation is 2. The van der Waals surface area contributed by atoms with Crippen molar-refractivity contribution in [2.75, 3.05) is 5.43 Å². The van der Waals surface area contributed by atoms with E-state index in [9.17, 15) is 4.39 Å². The summed E-state index contributed by atoms with van der Waals surface area (Å²) in [6.45, 7) is 3.79. The molecule has 0 bridgehead atoms. The lowest BCUT2D eigenvalue weighted by atomic mass is 10.1. The number of benzene rings is 2. The normalized spacial score (nSPS) is 10.2. The van der Waals surface area contributed by atoms with Crippen LogP contribution < -0.4 is 16.0 Å². The number of anilines is 1. The Morgan fingerprint density at radius 3 is 2.44 bits per heavy atom. The molecule has 94 valence electrons. The van der Waals surface area contributed by atoms with Crippen molar-refractivity contribution in [2.45, 2.75) is 13.8 Å². The molecule has 0 spiro atoms. The standard InChI is InChI=1S/C14H15FN2O/c1-9-8-14(10(2)7-12(9)17-16)18-13-6-4-3-5-11(13)15/h3-8,17H,16H2,1-2H3. The Hall–Kier alpha value is -2.07. The fraction of sp³-hybridized carbons (Fsp3) is 0.143. The zero-order valence-corrected chi connectivity index (χ0v) is 10.3. The van der Waals surface area contributed by atoms with Gasteiger partial charge < -0.3 is 10.2 Å². The van der Waals surface area contributed by atoms with Crippen molar-refractivity contribution >= 4 is 5.69 Å². The third-order valence-electron chi connectivity index (χ3n) is 2.73. The van der Waals surface area contributed by atoms with E-state index in [2.05, 4.69) is 5.43 Å². The molecule has 0 saturated heterocycles. The van der Waals surface area contributed by atoms with E-state index in [1.165, 1.54) is 6.07 Å². The third-order valence-corrected chi connectivity index (χ3v) is 2.73. The maximum atomic E-state index is 13.5. The molecule has 0 fully saturated rings. The third kappa shape index (κ3) is 2.43. The van der Waals surface area contributed by atoms with Crippen LogP contribution in [0.2, 0.25) is 0 Å². The molecule has 0 aliphatic rings. The molecule has 0 amide bonds. The highest BCUT2D eigenvalue weighted by Crippen LogP contribution is 2.30. The van der Waals surface area contributed by atoms with Crippen LogP contribution >= 0.6 is 0 Å². The maximum Gasteiger partial charge on any atom is 0.165 e. The molecule has 0 aliphatic heterocycles. The highest BCUT2D eigenvalue weighted by molar-refractivity contribution is 5.56. The summed E-state index contributed by atoms with van der Waals surface area (Å²) in [4.78, 5) is 0. The lowest BCUT2D eigenvalue weighted by Gasteiger charge is -2.13. The SMILES string of the molecule is Cc1cc(Oc2ccccc2F)c(C)cc1NN. The van der Waals surface area contributed by atoms with E-state index in [0.717, 1.165) is 16.8 Å². The second-order valence-corrected chi connectivity index (χ2v) is 4.11. The van der Waals surface area contributed by atoms with Gasteiger partial charge in [-0.05, 0) is 49.2 Å². The summed E-state index contributed by atoms with van der Waals surface area (Å²) >= 11 is 0. The average Bonchev–Trinajstić information content (AvgIpc) is 2.36. The van der Waals surface area contributed by atoms with Crippen LogP contribution in [-0.2, 0) is 0 Å². The number of ether oxygens (including phenoxy) is 1. The molecule has 18 heavy (non-hydrogen) atoms. The number of hydrogen-bond acceptors (Lipinski definition) is 3. The molecule has 2 rings (SSSR count). The molecule has 2 aromatic rings. The van der Waals surface area contributed by atoms with E-state index in [0.29, 0.717) is 5.75 Å². The molecule has 0 heterocycles. The van der Waals surface area contributed by atoms with Gasteiger partial charge in [-0.15, -0.1) is 0 Å². The van der Waals surface area contributed by atoms with Gasteiger partial charge in [-0.25, -0.2) is 4.39 Å². The first-order valence-electron chi connectivity index (χ1n) is 5.62. The summed E-state index contributed by atoms with van der Waals surface area (Å²) in [5.41, 5.74) is 5.26. The second kappa shape index (κ2) is 5.06. The highest BCUT2D eigenvalue weighted by Gasteiger charge is 2.08. The van der Waals surface area contributed by atoms with Crippen molar-refractivity contribution in [3.63, 3.8) is 0 Å². The minimum atomic E-state index is -0.379. The van der Waals surface area contributed by atoms with E-state index in [1.54, 1.807) is 18.2 Å². The van der Waals surface area contributed by atoms with Gasteiger partial charge in [0.05, 0.1) is 5.69 Å². The molecule has 0 atom stereocenters. The summed E-state index contributed by atoms with van der Waals surface area (Å²) in [6.07, 6.45) is 0. The zero-order chi connectivity index (χ0) is 13.1. The Labute approximate surface area is 105 Å². The van der Waals surface area contributed by atoms with Crippen LogP contribution in [0.25, 0.3) is 0 Å². The fourth-order valence-corrected chi connectivity index (χ4v) is 1.70. The summed E-state index contributed by atoms with van der Waals surface area (Å²) in [5, 5.41) is 0. The zero-order valence-electron chi connectivity index (χ0n) is 10.3. The van der Waals surface area contributed by atoms with Crippen LogP contribution in [0.1, 0.15) is 11.1 Å². The van der Waals surface area contributed by atoms with Gasteiger partial charge in [-0.2, -0.15) is 0 Å². The van der Waals surface area contributed by atoms with E-state index < -0.39 is 0 Å². The van der Waals surface area contributed by atoms with E-state index >= 15 is 0 Å². The Morgan fingerprint density at radius 2 is 1.78 bits per heavy atom. The number of nitrogens with one attached hydrogen (secondary N) is 1. The van der Waals surface area contributed by atoms with Gasteiger partial charge in [-0.3, -0.25) is 5.84 Å². The number of hydrazine groups is 1. The van der Waals surface area contributed by atoms with E-state index in [-0.39, 0.29) is 11.6 Å². The van der Waals surface area contributed by atoms with Crippen molar-refractivity contribution < 1.29 is 9.13 Å². The van der Waals surface area contributed by atoms with Gasteiger partial charge >= 0.3 is 0 Å². The Morgan fingerprint density at radius 1 is 1.06 bits per heavy atom. The largest absolute Gasteiger partial charge is 0.454 e. The van der Waals surface area contributed by atoms with Crippen molar-refractivity contribution in [3.8, 4) is 11.5 Å². The van der Waals surface area contributed by atoms with Crippen molar-refractivity contribution in [3.05, 3.63) is 53.3 Å². The lowest BCUT2D eigenvalue weighted by Crippen LogP contribution is -2.08. The van der Waals surface area contributed by atoms with Gasteiger partial charge in [0.15, 0.2) is 11.6 Å². The number of rotatable bonds is 3. The molecular formula is C14H15FN2O. The molecule has 4 heteroatoms. The summed E-state index contributed by atoms with van der Waals surface area (Å²) < 4.78 is 19.1. The van der Waals surface area contributed by atoms with Crippen LogP contribution in [0.15, 0.2) is 36.4 Å². The van der Waals surface area contributed by atoms with Crippen LogP contribution in [0, 0.1) is 19.7 Å². The van der Waals surface area contributed by atoms with Crippen LogP contribution in [0.5, 0.6) is 11.5 Å². The molecule has 3 N–H and O–H groups in total. The highest BCUT2D eigenvalue weighted by atomic mass is 19.1. The van der Waals surface area contributed by atoms with Gasteiger partial charge in [-0.1, -0.05) is 12.1 Å². The number of nitrogens with two attached hydrogens (primary N) is 1. The van der Waals surface area contributed by atoms with Gasteiger partial charge in [0.25, 0.3) is 0 Å². The molecule has 0 radical (unpaired) electrons. The molecule has 0 unspecified atom stereocenters. The van der Waals surface area contributed by atoms with Crippen molar-refractivity contribution in [2.24, 2.45) is 5.84 Å². The number of para-hydroxylation sites is 1.